The van der Waals surface area contributed by atoms with Crippen molar-refractivity contribution in [2.45, 2.75) is 71.5 Å². The van der Waals surface area contributed by atoms with E-state index in [1.165, 1.54) is 49.6 Å². The number of benzene rings is 3. The molecule has 3 aliphatic rings. The average Bonchev–Trinajstić information content (AvgIpc) is 4.18. The van der Waals surface area contributed by atoms with E-state index in [9.17, 15) is 38.4 Å². The van der Waals surface area contributed by atoms with Gasteiger partial charge in [-0.1, -0.05) is 36.4 Å². The Kier molecular flexibility index (Phi) is 16.1. The summed E-state index contributed by atoms with van der Waals surface area (Å²) in [6.45, 7) is 12.9. The Morgan fingerprint density at radius 1 is 0.567 bits per heavy atom. The molecule has 4 atom stereocenters. The largest absolute Gasteiger partial charge is 0.480 e. The topological polar surface area (TPSA) is 275 Å². The molecule has 9 rings (SSSR count). The standard InChI is InChI=1S/C13H10N2O3.C11H8ClNO3.C11H9NO4.C5H11N3Si.C5H8N2O/c1-8(11-14-6-7-18-11)15-12(16)9-4-2-3-5-10(9)13(15)17;1-6(9(12)14)13-10(15)7-4-2-3-5-8(7)11(13)16;1-6(11(15)16)12-9(13)7-4-2-3-5-8(7)10(12)14;1-9(2,3)8-6-4-5-7-8;1-4(6)5-7-2-3-8-5/h2-8H,1H3;2-6H,1H3;2-6H,1H3,(H,15,16);4-5H,1-3H3;2-4H,6H2,1H3/t8-;2*6-;;4-/m000.0/s1. The molecular weight excluding hydrogens is 906 g/mol. The summed E-state index contributed by atoms with van der Waals surface area (Å²) in [6.07, 6.45) is 9.45. The van der Waals surface area contributed by atoms with Crippen molar-refractivity contribution < 1.29 is 52.3 Å². The Labute approximate surface area is 389 Å². The highest BCUT2D eigenvalue weighted by atomic mass is 35.5. The van der Waals surface area contributed by atoms with Gasteiger partial charge in [-0.05, 0) is 95.3 Å². The van der Waals surface area contributed by atoms with Crippen LogP contribution in [-0.2, 0) is 9.59 Å². The monoisotopic (exact) mass is 951 g/mol. The maximum Gasteiger partial charge on any atom is 0.326 e. The zero-order valence-electron chi connectivity index (χ0n) is 37.3. The first-order valence-corrected chi connectivity index (χ1v) is 24.2. The number of hydrogen-bond donors (Lipinski definition) is 2. The molecular formula is C45H46ClN9O11Si. The predicted molar refractivity (Wildman–Crippen MR) is 241 cm³/mol. The van der Waals surface area contributed by atoms with Crippen LogP contribution in [0.1, 0.15) is 114 Å². The number of hydrogen-bond acceptors (Lipinski definition) is 15. The van der Waals surface area contributed by atoms with Crippen LogP contribution in [0.25, 0.3) is 0 Å². The van der Waals surface area contributed by atoms with Crippen molar-refractivity contribution in [2.24, 2.45) is 5.73 Å². The number of carboxylic acid groups (broad SMARTS) is 1. The molecule has 0 aliphatic carbocycles. The predicted octanol–water partition coefficient (Wildman–Crippen LogP) is 5.88. The van der Waals surface area contributed by atoms with E-state index in [1.807, 2.05) is 11.4 Å². The number of carbonyl (C=O) groups excluding carboxylic acids is 7. The summed E-state index contributed by atoms with van der Waals surface area (Å²) in [6, 6.07) is 16.9. The van der Waals surface area contributed by atoms with Crippen LogP contribution < -0.4 is 5.73 Å². The number of nitrogens with zero attached hydrogens (tertiary/aromatic N) is 8. The van der Waals surface area contributed by atoms with Crippen LogP contribution >= 0.6 is 11.6 Å². The van der Waals surface area contributed by atoms with Gasteiger partial charge in [0.1, 0.15) is 30.7 Å². The molecule has 6 heterocycles. The molecule has 0 fully saturated rings. The number of aliphatic carboxylic acids is 1. The summed E-state index contributed by atoms with van der Waals surface area (Å²) in [5.74, 6) is -2.90. The summed E-state index contributed by atoms with van der Waals surface area (Å²) in [7, 11) is -1.29. The molecule has 0 saturated heterocycles. The van der Waals surface area contributed by atoms with Gasteiger partial charge in [0, 0.05) is 0 Å². The number of fused-ring (bicyclic) bond motifs is 3. The van der Waals surface area contributed by atoms with Crippen molar-refractivity contribution in [2.75, 3.05) is 0 Å². The zero-order valence-corrected chi connectivity index (χ0v) is 39.0. The van der Waals surface area contributed by atoms with Crippen molar-refractivity contribution in [3.63, 3.8) is 0 Å². The first kappa shape index (κ1) is 50.2. The Morgan fingerprint density at radius 2 is 0.896 bits per heavy atom. The lowest BCUT2D eigenvalue weighted by Crippen LogP contribution is -2.42. The molecule has 6 amide bonds. The zero-order chi connectivity index (χ0) is 49.3. The molecule has 3 N–H and O–H groups in total. The highest BCUT2D eigenvalue weighted by molar-refractivity contribution is 6.73. The Balaban J connectivity index is 0.000000162. The number of carbonyl (C=O) groups is 8. The van der Waals surface area contributed by atoms with Gasteiger partial charge in [0.15, 0.2) is 0 Å². The minimum Gasteiger partial charge on any atom is -0.480 e. The van der Waals surface area contributed by atoms with E-state index in [1.54, 1.807) is 86.2 Å². The second-order valence-corrected chi connectivity index (χ2v) is 20.9. The highest BCUT2D eigenvalue weighted by Gasteiger charge is 2.42. The number of carboxylic acids is 1. The summed E-state index contributed by atoms with van der Waals surface area (Å²) >= 11 is 5.30. The normalized spacial score (nSPS) is 15.3. The van der Waals surface area contributed by atoms with Gasteiger partial charge in [-0.15, -0.1) is 0 Å². The van der Waals surface area contributed by atoms with E-state index in [2.05, 4.69) is 39.8 Å². The molecule has 0 bridgehead atoms. The SMILES string of the molecule is C[C@@H](C(=O)Cl)N1C(=O)c2ccccc2C1=O.C[C@@H](C(=O)O)N1C(=O)c2ccccc2C1=O.C[C@@H](c1ncco1)N1C(=O)c2ccccc2C1=O.C[C@H](N)c1ncco1.C[Si](C)(C)n1nccn1. The number of halogens is 1. The lowest BCUT2D eigenvalue weighted by atomic mass is 10.1. The fourth-order valence-electron chi connectivity index (χ4n) is 6.46. The molecule has 3 aromatic heterocycles. The maximum atomic E-state index is 12.2. The van der Waals surface area contributed by atoms with Crippen LogP contribution in [0.15, 0.2) is 119 Å². The van der Waals surface area contributed by atoms with Gasteiger partial charge < -0.3 is 19.7 Å². The third-order valence-electron chi connectivity index (χ3n) is 9.99. The van der Waals surface area contributed by atoms with Gasteiger partial charge in [-0.25, -0.2) is 19.2 Å². The Bertz CT molecular complexity index is 2580. The second kappa shape index (κ2) is 21.5. The third-order valence-corrected chi connectivity index (χ3v) is 11.7. The molecule has 348 valence electrons. The summed E-state index contributed by atoms with van der Waals surface area (Å²) in [5, 5.41) is 16.2. The van der Waals surface area contributed by atoms with Crippen LogP contribution in [0, 0.1) is 0 Å². The third kappa shape index (κ3) is 11.2. The summed E-state index contributed by atoms with van der Waals surface area (Å²) in [5.41, 5.74) is 7.43. The fourth-order valence-corrected chi connectivity index (χ4v) is 7.39. The Morgan fingerprint density at radius 3 is 1.15 bits per heavy atom. The number of rotatable bonds is 8. The average molecular weight is 952 g/mol. The highest BCUT2D eigenvalue weighted by Crippen LogP contribution is 2.30. The molecule has 0 saturated carbocycles. The first-order chi connectivity index (χ1) is 31.7. The molecule has 67 heavy (non-hydrogen) atoms. The Hall–Kier alpha value is -7.75. The van der Waals surface area contributed by atoms with Gasteiger partial charge in [0.2, 0.25) is 25.3 Å². The molecule has 0 radical (unpaired) electrons. The number of amides is 6. The lowest BCUT2D eigenvalue weighted by molar-refractivity contribution is -0.141. The van der Waals surface area contributed by atoms with Crippen LogP contribution in [0.5, 0.6) is 0 Å². The van der Waals surface area contributed by atoms with Gasteiger partial charge in [-0.2, -0.15) is 10.2 Å². The van der Waals surface area contributed by atoms with Crippen LogP contribution in [0.2, 0.25) is 19.6 Å². The molecule has 0 unspecified atom stereocenters. The second-order valence-electron chi connectivity index (χ2n) is 15.8. The van der Waals surface area contributed by atoms with Crippen molar-refractivity contribution >= 4 is 66.5 Å². The molecule has 20 nitrogen and oxygen atoms in total. The lowest BCUT2D eigenvalue weighted by Gasteiger charge is -2.19. The van der Waals surface area contributed by atoms with Crippen molar-refractivity contribution in [1.82, 2.24) is 39.3 Å². The van der Waals surface area contributed by atoms with E-state index in [0.717, 1.165) is 9.80 Å². The van der Waals surface area contributed by atoms with Gasteiger partial charge in [0.25, 0.3) is 35.4 Å². The summed E-state index contributed by atoms with van der Waals surface area (Å²) in [4.78, 5) is 104. The number of oxazole rings is 2. The number of imide groups is 3. The molecule has 0 spiro atoms. The molecule has 6 aromatic rings. The van der Waals surface area contributed by atoms with E-state index in [0.29, 0.717) is 34.0 Å². The fraction of sp³-hybridized carbons (Fsp3) is 0.244. The van der Waals surface area contributed by atoms with Gasteiger partial charge in [0.05, 0.1) is 64.2 Å². The summed E-state index contributed by atoms with van der Waals surface area (Å²) < 4.78 is 11.8. The smallest absolute Gasteiger partial charge is 0.326 e. The molecule has 3 aliphatic heterocycles. The van der Waals surface area contributed by atoms with Crippen LogP contribution in [-0.4, -0.2) is 111 Å². The van der Waals surface area contributed by atoms with Gasteiger partial charge >= 0.3 is 5.97 Å². The van der Waals surface area contributed by atoms with E-state index in [-0.39, 0.29) is 29.0 Å². The van der Waals surface area contributed by atoms with E-state index in [4.69, 9.17) is 31.3 Å². The molecule has 3 aromatic carbocycles. The van der Waals surface area contributed by atoms with E-state index >= 15 is 0 Å². The first-order valence-electron chi connectivity index (χ1n) is 20.4. The van der Waals surface area contributed by atoms with Crippen LogP contribution in [0.3, 0.4) is 0 Å². The van der Waals surface area contributed by atoms with Gasteiger partial charge in [-0.3, -0.25) is 48.3 Å². The van der Waals surface area contributed by atoms with Crippen molar-refractivity contribution in [3.05, 3.63) is 155 Å². The number of nitrogens with two attached hydrogens (primary N) is 1. The van der Waals surface area contributed by atoms with Crippen molar-refractivity contribution in [1.29, 1.82) is 0 Å². The number of aromatic nitrogens is 5. The minimum atomic E-state index is -1.29. The minimum absolute atomic E-state index is 0.0926. The molecule has 22 heteroatoms. The van der Waals surface area contributed by atoms with Crippen molar-refractivity contribution in [3.8, 4) is 0 Å². The quantitative estimate of drug-likeness (QED) is 0.102. The maximum absolute atomic E-state index is 12.2. The van der Waals surface area contributed by atoms with Crippen LogP contribution in [0.4, 0.5) is 0 Å². The van der Waals surface area contributed by atoms with E-state index < -0.39 is 61.2 Å².